The summed E-state index contributed by atoms with van der Waals surface area (Å²) in [4.78, 5) is 11.3. The van der Waals surface area contributed by atoms with Gasteiger partial charge in [0.05, 0.1) is 23.1 Å². The molecule has 0 saturated heterocycles. The van der Waals surface area contributed by atoms with Crippen LogP contribution in [0, 0.1) is 22.7 Å². The number of hydrogen-bond acceptors (Lipinski definition) is 3. The molecule has 1 atom stereocenters. The molecule has 1 aromatic rings. The molecule has 1 rings (SSSR count). The smallest absolute Gasteiger partial charge is 0.313 e. The molecule has 0 amide bonds. The monoisotopic (exact) mass is 228 g/mol. The van der Waals surface area contributed by atoms with E-state index in [1.807, 2.05) is 12.1 Å². The highest BCUT2D eigenvalue weighted by Crippen LogP contribution is 2.29. The van der Waals surface area contributed by atoms with Crippen LogP contribution in [0.2, 0.25) is 0 Å². The first kappa shape index (κ1) is 12.7. The van der Waals surface area contributed by atoms with Crippen molar-refractivity contribution in [3.8, 4) is 12.1 Å². The molecule has 86 valence electrons. The second-order valence-corrected chi connectivity index (χ2v) is 3.98. The van der Waals surface area contributed by atoms with Gasteiger partial charge in [0.1, 0.15) is 0 Å². The second kappa shape index (κ2) is 5.14. The van der Waals surface area contributed by atoms with E-state index in [-0.39, 0.29) is 12.8 Å². The summed E-state index contributed by atoms with van der Waals surface area (Å²) in [5.41, 5.74) is 0.0185. The second-order valence-electron chi connectivity index (χ2n) is 3.98. The van der Waals surface area contributed by atoms with Crippen molar-refractivity contribution in [2.45, 2.75) is 25.2 Å². The predicted octanol–water partition coefficient (Wildman–Crippen LogP) is 2.20. The molecule has 17 heavy (non-hydrogen) atoms. The Kier molecular flexibility index (Phi) is 3.85. The largest absolute Gasteiger partial charge is 0.481 e. The van der Waals surface area contributed by atoms with Crippen molar-refractivity contribution in [2.24, 2.45) is 0 Å². The van der Waals surface area contributed by atoms with E-state index in [2.05, 4.69) is 0 Å². The summed E-state index contributed by atoms with van der Waals surface area (Å²) in [6.07, 6.45) is 0.438. The molecule has 4 heteroatoms. The summed E-state index contributed by atoms with van der Waals surface area (Å²) in [6.45, 7) is 1.59. The lowest BCUT2D eigenvalue weighted by molar-refractivity contribution is -0.143. The number of hydrogen-bond donors (Lipinski definition) is 1. The Balaban J connectivity index is 3.10. The third kappa shape index (κ3) is 2.62. The lowest BCUT2D eigenvalue weighted by Crippen LogP contribution is -2.32. The fourth-order valence-corrected chi connectivity index (χ4v) is 1.59. The Morgan fingerprint density at radius 3 is 2.35 bits per heavy atom. The van der Waals surface area contributed by atoms with Gasteiger partial charge in [0.2, 0.25) is 0 Å². The topological polar surface area (TPSA) is 84.9 Å². The molecule has 0 aliphatic rings. The molecule has 1 N–H and O–H groups in total. The molecule has 0 radical (unpaired) electrons. The number of aliphatic carboxylic acids is 1. The zero-order chi connectivity index (χ0) is 12.9. The minimum atomic E-state index is -1.08. The maximum Gasteiger partial charge on any atom is 0.313 e. The van der Waals surface area contributed by atoms with Crippen LogP contribution >= 0.6 is 0 Å². The first-order chi connectivity index (χ1) is 8.04. The van der Waals surface area contributed by atoms with Gasteiger partial charge in [-0.2, -0.15) is 10.5 Å². The average molecular weight is 228 g/mol. The van der Waals surface area contributed by atoms with E-state index in [0.717, 1.165) is 0 Å². The number of rotatable bonds is 4. The molecule has 0 heterocycles. The Morgan fingerprint density at radius 2 is 1.94 bits per heavy atom. The van der Waals surface area contributed by atoms with E-state index >= 15 is 0 Å². The van der Waals surface area contributed by atoms with Crippen LogP contribution < -0.4 is 0 Å². The number of carboxylic acid groups (broad SMARTS) is 1. The summed E-state index contributed by atoms with van der Waals surface area (Å²) in [5, 5.41) is 26.5. The third-order valence-corrected chi connectivity index (χ3v) is 2.86. The Hall–Kier alpha value is -2.33. The molecule has 0 bridgehead atoms. The molecule has 0 aliphatic heterocycles. The Labute approximate surface area is 99.7 Å². The SMILES string of the molecule is CC(CCC#N)(C(=O)O)c1ccc(C#N)cc1. The first-order valence-corrected chi connectivity index (χ1v) is 5.15. The molecule has 0 fully saturated rings. The average Bonchev–Trinajstić information content (AvgIpc) is 2.35. The van der Waals surface area contributed by atoms with Gasteiger partial charge < -0.3 is 5.11 Å². The number of benzene rings is 1. The summed E-state index contributed by atoms with van der Waals surface area (Å²) >= 11 is 0. The third-order valence-electron chi connectivity index (χ3n) is 2.86. The van der Waals surface area contributed by atoms with Crippen LogP contribution in [0.15, 0.2) is 24.3 Å². The van der Waals surface area contributed by atoms with Gasteiger partial charge in [0.25, 0.3) is 0 Å². The highest BCUT2D eigenvalue weighted by molar-refractivity contribution is 5.80. The van der Waals surface area contributed by atoms with E-state index in [1.54, 1.807) is 31.2 Å². The maximum absolute atomic E-state index is 11.3. The van der Waals surface area contributed by atoms with Crippen molar-refractivity contribution >= 4 is 5.97 Å². The normalized spacial score (nSPS) is 13.1. The van der Waals surface area contributed by atoms with Crippen molar-refractivity contribution in [1.29, 1.82) is 10.5 Å². The van der Waals surface area contributed by atoms with Crippen LogP contribution in [0.3, 0.4) is 0 Å². The minimum absolute atomic E-state index is 0.183. The summed E-state index contributed by atoms with van der Waals surface area (Å²) in [6, 6.07) is 10.4. The van der Waals surface area contributed by atoms with E-state index in [9.17, 15) is 9.90 Å². The molecule has 1 unspecified atom stereocenters. The van der Waals surface area contributed by atoms with Gasteiger partial charge in [-0.3, -0.25) is 4.79 Å². The van der Waals surface area contributed by atoms with Gasteiger partial charge in [-0.15, -0.1) is 0 Å². The highest BCUT2D eigenvalue weighted by Gasteiger charge is 2.34. The van der Waals surface area contributed by atoms with E-state index in [0.29, 0.717) is 11.1 Å². The van der Waals surface area contributed by atoms with Crippen LogP contribution in [0.25, 0.3) is 0 Å². The molecule has 0 spiro atoms. The number of nitriles is 2. The van der Waals surface area contributed by atoms with Gasteiger partial charge in [-0.1, -0.05) is 12.1 Å². The molecule has 0 aliphatic carbocycles. The quantitative estimate of drug-likeness (QED) is 0.856. The summed E-state index contributed by atoms with van der Waals surface area (Å²) in [5.74, 6) is -0.961. The Morgan fingerprint density at radius 1 is 1.35 bits per heavy atom. The minimum Gasteiger partial charge on any atom is -0.481 e. The fraction of sp³-hybridized carbons (Fsp3) is 0.308. The van der Waals surface area contributed by atoms with Crippen molar-refractivity contribution in [2.75, 3.05) is 0 Å². The first-order valence-electron chi connectivity index (χ1n) is 5.15. The van der Waals surface area contributed by atoms with Gasteiger partial charge >= 0.3 is 5.97 Å². The molecule has 0 aromatic heterocycles. The zero-order valence-corrected chi connectivity index (χ0v) is 9.47. The highest BCUT2D eigenvalue weighted by atomic mass is 16.4. The van der Waals surface area contributed by atoms with Crippen LogP contribution in [-0.4, -0.2) is 11.1 Å². The van der Waals surface area contributed by atoms with E-state index in [4.69, 9.17) is 10.5 Å². The lowest BCUT2D eigenvalue weighted by Gasteiger charge is -2.24. The molecule has 0 saturated carbocycles. The van der Waals surface area contributed by atoms with Crippen molar-refractivity contribution in [3.05, 3.63) is 35.4 Å². The summed E-state index contributed by atoms with van der Waals surface area (Å²) in [7, 11) is 0. The van der Waals surface area contributed by atoms with E-state index in [1.165, 1.54) is 0 Å². The van der Waals surface area contributed by atoms with Crippen molar-refractivity contribution in [3.63, 3.8) is 0 Å². The Bertz CT molecular complexity index is 494. The van der Waals surface area contributed by atoms with Crippen LogP contribution in [-0.2, 0) is 10.2 Å². The number of carbonyl (C=O) groups is 1. The van der Waals surface area contributed by atoms with Crippen molar-refractivity contribution < 1.29 is 9.90 Å². The predicted molar refractivity (Wildman–Crippen MR) is 61.0 cm³/mol. The van der Waals surface area contributed by atoms with Gasteiger partial charge in [0.15, 0.2) is 0 Å². The standard InChI is InChI=1S/C13H12N2O2/c1-13(12(16)17,7-2-8-14)11-5-3-10(9-15)4-6-11/h3-6H,2,7H2,1H3,(H,16,17). The van der Waals surface area contributed by atoms with Crippen molar-refractivity contribution in [1.82, 2.24) is 0 Å². The molecule has 4 nitrogen and oxygen atoms in total. The lowest BCUT2D eigenvalue weighted by atomic mass is 9.78. The van der Waals surface area contributed by atoms with Crippen LogP contribution in [0.5, 0.6) is 0 Å². The zero-order valence-electron chi connectivity index (χ0n) is 9.47. The molecular weight excluding hydrogens is 216 g/mol. The van der Waals surface area contributed by atoms with Crippen LogP contribution in [0.1, 0.15) is 30.9 Å². The van der Waals surface area contributed by atoms with E-state index < -0.39 is 11.4 Å². The van der Waals surface area contributed by atoms with Crippen LogP contribution in [0.4, 0.5) is 0 Å². The molecular formula is C13H12N2O2. The molecule has 1 aromatic carbocycles. The maximum atomic E-state index is 11.3. The van der Waals surface area contributed by atoms with Gasteiger partial charge in [-0.05, 0) is 31.0 Å². The van der Waals surface area contributed by atoms with Gasteiger partial charge in [0, 0.05) is 6.42 Å². The fourth-order valence-electron chi connectivity index (χ4n) is 1.59. The number of nitrogens with zero attached hydrogens (tertiary/aromatic N) is 2. The number of carboxylic acids is 1. The summed E-state index contributed by atoms with van der Waals surface area (Å²) < 4.78 is 0. The van der Waals surface area contributed by atoms with Gasteiger partial charge in [-0.25, -0.2) is 0 Å².